The number of anilines is 1. The van der Waals surface area contributed by atoms with Crippen molar-refractivity contribution in [3.05, 3.63) is 54.2 Å². The molecule has 0 aliphatic carbocycles. The first-order valence-electron chi connectivity index (χ1n) is 11.1. The maximum absolute atomic E-state index is 13.2. The summed E-state index contributed by atoms with van der Waals surface area (Å²) in [5.41, 5.74) is 0.295. The fraction of sp³-hybridized carbons (Fsp3) is 0.304. The quantitative estimate of drug-likeness (QED) is 0.276. The lowest BCUT2D eigenvalue weighted by molar-refractivity contribution is 0.101. The summed E-state index contributed by atoms with van der Waals surface area (Å²) in [6.45, 7) is 3.42. The summed E-state index contributed by atoms with van der Waals surface area (Å²) in [5, 5.41) is 12.5. The number of carbonyl (C=O) groups is 1. The highest BCUT2D eigenvalue weighted by molar-refractivity contribution is 7.99. The number of ether oxygens (including phenoxy) is 1. The van der Waals surface area contributed by atoms with E-state index in [0.29, 0.717) is 33.4 Å². The van der Waals surface area contributed by atoms with Crippen molar-refractivity contribution < 1.29 is 9.53 Å². The number of rotatable bonds is 11. The van der Waals surface area contributed by atoms with Gasteiger partial charge in [0.2, 0.25) is 5.13 Å². The number of benzene rings is 1. The fourth-order valence-corrected chi connectivity index (χ4v) is 5.20. The molecular weight excluding hydrogens is 517 g/mol. The highest BCUT2D eigenvalue weighted by Gasteiger charge is 2.19. The summed E-state index contributed by atoms with van der Waals surface area (Å²) in [6.07, 6.45) is 2.58. The minimum absolute atomic E-state index is 0.295. The van der Waals surface area contributed by atoms with E-state index in [4.69, 9.17) is 4.74 Å². The topological polar surface area (TPSA) is 111 Å². The van der Waals surface area contributed by atoms with Gasteiger partial charge in [-0.05, 0) is 75.6 Å². The number of pyridine rings is 1. The normalized spacial score (nSPS) is 11.1. The summed E-state index contributed by atoms with van der Waals surface area (Å²) in [6, 6.07) is 11.6. The van der Waals surface area contributed by atoms with Crippen molar-refractivity contribution in [2.75, 3.05) is 32.6 Å². The number of amides is 1. The maximum Gasteiger partial charge on any atom is 0.277 e. The molecule has 188 valence electrons. The Morgan fingerprint density at radius 2 is 1.94 bits per heavy atom. The molecule has 0 aliphatic rings. The molecule has 0 radical (unpaired) electrons. The molecule has 36 heavy (non-hydrogen) atoms. The van der Waals surface area contributed by atoms with E-state index in [1.54, 1.807) is 17.8 Å². The molecule has 3 heterocycles. The Labute approximate surface area is 222 Å². The smallest absolute Gasteiger partial charge is 0.277 e. The first-order chi connectivity index (χ1) is 17.4. The van der Waals surface area contributed by atoms with Gasteiger partial charge >= 0.3 is 0 Å². The number of aromatic nitrogens is 6. The number of hydrogen-bond acceptors (Lipinski definition) is 11. The van der Waals surface area contributed by atoms with E-state index in [1.165, 1.54) is 23.5 Å². The lowest BCUT2D eigenvalue weighted by Gasteiger charge is -2.12. The summed E-state index contributed by atoms with van der Waals surface area (Å²) in [4.78, 5) is 25.9. The Morgan fingerprint density at radius 3 is 2.61 bits per heavy atom. The zero-order valence-electron chi connectivity index (χ0n) is 20.3. The van der Waals surface area contributed by atoms with E-state index < -0.39 is 0 Å². The number of nitrogens with zero attached hydrogens (tertiary/aromatic N) is 7. The van der Waals surface area contributed by atoms with Crippen LogP contribution in [-0.2, 0) is 7.05 Å². The van der Waals surface area contributed by atoms with Gasteiger partial charge in [-0.3, -0.25) is 10.1 Å². The van der Waals surface area contributed by atoms with Gasteiger partial charge in [0.05, 0.1) is 6.61 Å². The molecule has 1 aromatic carbocycles. The fourth-order valence-electron chi connectivity index (χ4n) is 2.99. The Hall–Kier alpha value is -3.00. The molecule has 3 aromatic heterocycles. The first kappa shape index (κ1) is 26.1. The second kappa shape index (κ2) is 12.3. The van der Waals surface area contributed by atoms with Gasteiger partial charge in [0.1, 0.15) is 28.6 Å². The highest BCUT2D eigenvalue weighted by atomic mass is 32.2. The molecule has 1 N–H and O–H groups in total. The van der Waals surface area contributed by atoms with E-state index in [0.717, 1.165) is 40.0 Å². The minimum atomic E-state index is -0.352. The molecule has 0 spiro atoms. The largest absolute Gasteiger partial charge is 0.494 e. The third-order valence-corrected chi connectivity index (χ3v) is 7.50. The van der Waals surface area contributed by atoms with Gasteiger partial charge < -0.3 is 14.2 Å². The molecule has 13 heteroatoms. The van der Waals surface area contributed by atoms with Crippen LogP contribution in [0.15, 0.2) is 62.7 Å². The van der Waals surface area contributed by atoms with Crippen molar-refractivity contribution >= 4 is 46.1 Å². The number of hydrogen-bond donors (Lipinski definition) is 1. The van der Waals surface area contributed by atoms with Crippen LogP contribution in [0.25, 0.3) is 0 Å². The van der Waals surface area contributed by atoms with Crippen molar-refractivity contribution in [3.8, 4) is 5.75 Å². The molecule has 0 saturated heterocycles. The summed E-state index contributed by atoms with van der Waals surface area (Å²) in [7, 11) is 5.95. The number of nitrogens with one attached hydrogen (secondary N) is 1. The Bertz CT molecular complexity index is 1310. The van der Waals surface area contributed by atoms with Gasteiger partial charge in [-0.1, -0.05) is 11.8 Å². The molecule has 0 aliphatic heterocycles. The lowest BCUT2D eigenvalue weighted by atomic mass is 10.3. The Morgan fingerprint density at radius 1 is 1.14 bits per heavy atom. The van der Waals surface area contributed by atoms with Crippen molar-refractivity contribution in [1.29, 1.82) is 0 Å². The zero-order chi connectivity index (χ0) is 25.5. The molecule has 4 aromatic rings. The predicted molar refractivity (Wildman–Crippen MR) is 141 cm³/mol. The van der Waals surface area contributed by atoms with E-state index in [2.05, 4.69) is 34.8 Å². The third-order valence-electron chi connectivity index (χ3n) is 4.73. The molecule has 0 bridgehead atoms. The molecular formula is C23H26N8O2S3. The second-order valence-electron chi connectivity index (χ2n) is 8.00. The Balaban J connectivity index is 1.51. The van der Waals surface area contributed by atoms with E-state index in [-0.39, 0.29) is 5.91 Å². The van der Waals surface area contributed by atoms with Crippen LogP contribution in [0.3, 0.4) is 0 Å². The summed E-state index contributed by atoms with van der Waals surface area (Å²) >= 11 is 3.93. The van der Waals surface area contributed by atoms with Gasteiger partial charge in [-0.15, -0.1) is 10.2 Å². The van der Waals surface area contributed by atoms with Gasteiger partial charge in [0.15, 0.2) is 5.16 Å². The monoisotopic (exact) mass is 542 g/mol. The van der Waals surface area contributed by atoms with Crippen molar-refractivity contribution in [3.63, 3.8) is 0 Å². The maximum atomic E-state index is 13.2. The molecule has 10 nitrogen and oxygen atoms in total. The highest BCUT2D eigenvalue weighted by Crippen LogP contribution is 2.34. The van der Waals surface area contributed by atoms with Gasteiger partial charge in [-0.25, -0.2) is 9.97 Å². The minimum Gasteiger partial charge on any atom is -0.494 e. The average molecular weight is 543 g/mol. The van der Waals surface area contributed by atoms with Crippen LogP contribution >= 0.6 is 35.1 Å². The first-order valence-corrected chi connectivity index (χ1v) is 13.5. The van der Waals surface area contributed by atoms with Crippen LogP contribution in [0.5, 0.6) is 5.75 Å². The van der Waals surface area contributed by atoms with Crippen LogP contribution in [0.4, 0.5) is 5.13 Å². The number of carbonyl (C=O) groups excluding carboxylic acids is 1. The lowest BCUT2D eigenvalue weighted by Crippen LogP contribution is -2.15. The van der Waals surface area contributed by atoms with Crippen molar-refractivity contribution in [2.24, 2.45) is 7.05 Å². The van der Waals surface area contributed by atoms with Crippen molar-refractivity contribution in [2.45, 2.75) is 33.3 Å². The standard InChI is InChI=1S/C23H26N8O2S3/c1-15-25-22(36-29-15)27-21(32)20-18(10-11-19(26-20)35-23-28-24-14-31(23)4)34-17-8-6-16(7-9-17)33-13-5-12-30(2)3/h6-11,14H,5,12-13H2,1-4H3,(H,25,27,29,32). The molecule has 4 rings (SSSR count). The van der Waals surface area contributed by atoms with Crippen molar-refractivity contribution in [1.82, 2.24) is 34.0 Å². The predicted octanol–water partition coefficient (Wildman–Crippen LogP) is 4.26. The second-order valence-corrected chi connectivity index (χ2v) is 10.9. The van der Waals surface area contributed by atoms with Crippen LogP contribution < -0.4 is 10.1 Å². The number of aryl methyl sites for hydroxylation is 2. The molecule has 0 fully saturated rings. The Kier molecular flexibility index (Phi) is 8.91. The summed E-state index contributed by atoms with van der Waals surface area (Å²) in [5.74, 6) is 1.07. The molecule has 0 saturated carbocycles. The third kappa shape index (κ3) is 7.26. The molecule has 1 amide bonds. The van der Waals surface area contributed by atoms with Gasteiger partial charge in [0.25, 0.3) is 5.91 Å². The zero-order valence-corrected chi connectivity index (χ0v) is 22.8. The summed E-state index contributed by atoms with van der Waals surface area (Å²) < 4.78 is 11.7. The van der Waals surface area contributed by atoms with Gasteiger partial charge in [0, 0.05) is 34.9 Å². The van der Waals surface area contributed by atoms with E-state index >= 15 is 0 Å². The SMILES string of the molecule is Cc1nsc(NC(=O)c2nc(Sc3nncn3C)ccc2Sc2ccc(OCCCN(C)C)cc2)n1. The molecule has 0 unspecified atom stereocenters. The van der Waals surface area contributed by atoms with Crippen LogP contribution in [-0.4, -0.2) is 67.2 Å². The van der Waals surface area contributed by atoms with E-state index in [1.807, 2.05) is 57.5 Å². The average Bonchev–Trinajstić information content (AvgIpc) is 3.45. The molecule has 0 atom stereocenters. The van der Waals surface area contributed by atoms with E-state index in [9.17, 15) is 4.79 Å². The van der Waals surface area contributed by atoms with Crippen LogP contribution in [0.1, 0.15) is 22.7 Å². The van der Waals surface area contributed by atoms with Crippen LogP contribution in [0.2, 0.25) is 0 Å². The van der Waals surface area contributed by atoms with Gasteiger partial charge in [-0.2, -0.15) is 4.37 Å². The van der Waals surface area contributed by atoms with Crippen LogP contribution in [0, 0.1) is 6.92 Å².